The minimum absolute atomic E-state index is 0. The van der Waals surface area contributed by atoms with E-state index in [1.807, 2.05) is 0 Å². The summed E-state index contributed by atoms with van der Waals surface area (Å²) in [5.74, 6) is 0. The molecule has 0 heterocycles. The van der Waals surface area contributed by atoms with Gasteiger partial charge in [-0.3, -0.25) is 0 Å². The normalized spacial score (nSPS) is 8.57. The fraction of sp³-hybridized carbons (Fsp3) is 0.600. The molecule has 0 fully saturated rings. The summed E-state index contributed by atoms with van der Waals surface area (Å²) >= 11 is 0. The largest absolute Gasteiger partial charge is 3.00 e. The van der Waals surface area contributed by atoms with Gasteiger partial charge in [-0.1, -0.05) is 0 Å². The third kappa shape index (κ3) is 557. The fourth-order valence-corrected chi connectivity index (χ4v) is 0. The molecule has 0 aromatic heterocycles. The Balaban J connectivity index is -0.0000000178. The minimum Gasteiger partial charge on any atom is -1.00 e. The summed E-state index contributed by atoms with van der Waals surface area (Å²) in [4.78, 5) is 0. The van der Waals surface area contributed by atoms with Gasteiger partial charge in [-0.25, -0.2) is 0 Å². The molecule has 0 atom stereocenters. The summed E-state index contributed by atoms with van der Waals surface area (Å²) in [6, 6.07) is 0. The van der Waals surface area contributed by atoms with Crippen molar-refractivity contribution in [2.45, 2.75) is 0 Å². The maximum Gasteiger partial charge on any atom is 3.00 e. The maximum atomic E-state index is 3.88. The van der Waals surface area contributed by atoms with Crippen LogP contribution in [-0.2, 0) is 22.4 Å². The van der Waals surface area contributed by atoms with E-state index in [4.69, 9.17) is 0 Å². The zero-order chi connectivity index (χ0) is 9.00. The van der Waals surface area contributed by atoms with Crippen molar-refractivity contribution in [1.29, 1.82) is 0 Å². The van der Waals surface area contributed by atoms with Gasteiger partial charge < -0.3 is 31.8 Å². The molecular weight excluding hydrogens is 459 g/mol. The first-order chi connectivity index (χ1) is 4.00. The Labute approximate surface area is 121 Å². The Morgan fingerprint density at radius 3 is 0.643 bits per heavy atom. The zero-order valence-corrected chi connectivity index (χ0v) is 16.5. The summed E-state index contributed by atoms with van der Waals surface area (Å²) in [5, 5.41) is 0. The fourth-order valence-electron chi connectivity index (χ4n) is 0. The number of rotatable bonds is 0. The molecule has 0 spiro atoms. The van der Waals surface area contributed by atoms with E-state index in [1.165, 1.54) is 0 Å². The summed E-state index contributed by atoms with van der Waals surface area (Å²) in [7, 11) is -1.28. The van der Waals surface area contributed by atoms with E-state index in [0.29, 0.717) is 0 Å². The van der Waals surface area contributed by atoms with Crippen LogP contribution in [0, 0.1) is 28.2 Å². The van der Waals surface area contributed by atoms with Gasteiger partial charge in [0, 0.05) is 40.0 Å². The first-order valence-electron chi connectivity index (χ1n) is 3.32. The molecule has 0 saturated carbocycles. The van der Waals surface area contributed by atoms with Gasteiger partial charge in [0.25, 0.3) is 0 Å². The van der Waals surface area contributed by atoms with Crippen molar-refractivity contribution in [1.82, 2.24) is 0 Å². The van der Waals surface area contributed by atoms with Crippen LogP contribution in [0.5, 0.6) is 0 Å². The SMILES string of the molecule is [Au+3].[Br-].[CH2-][P+](C)(C)C.[CH2-][P+](C)(C)C.[CH3-].[CH3-]. The first-order valence-corrected chi connectivity index (χ1v) is 9.95. The molecule has 0 aliphatic carbocycles. The standard InChI is InChI=1S/2C4H11P.2CH3.Au.BrH/c2*1-5(2,3)4;;;;/h2*1H2,2-4H3;2*1H3;;1H/q;;2*-1;+3;/p-1. The molecule has 96 valence electrons. The van der Waals surface area contributed by atoms with E-state index >= 15 is 0 Å². The summed E-state index contributed by atoms with van der Waals surface area (Å²) in [5.41, 5.74) is 0. The van der Waals surface area contributed by atoms with E-state index < -0.39 is 14.5 Å². The smallest absolute Gasteiger partial charge is 1.00 e. The van der Waals surface area contributed by atoms with Crippen LogP contribution in [0.15, 0.2) is 0 Å². The van der Waals surface area contributed by atoms with Crippen molar-refractivity contribution >= 4 is 14.5 Å². The van der Waals surface area contributed by atoms with Gasteiger partial charge in [-0.15, -0.1) is 14.5 Å². The molecule has 0 N–H and O–H groups in total. The quantitative estimate of drug-likeness (QED) is 0.275. The molecule has 0 aliphatic heterocycles. The molecule has 0 bridgehead atoms. The van der Waals surface area contributed by atoms with E-state index in [0.717, 1.165) is 0 Å². The van der Waals surface area contributed by atoms with Gasteiger partial charge in [0.15, 0.2) is 0 Å². The Morgan fingerprint density at radius 2 is 0.643 bits per heavy atom. The topological polar surface area (TPSA) is 0 Å². The van der Waals surface area contributed by atoms with Crippen LogP contribution in [0.3, 0.4) is 0 Å². The van der Waals surface area contributed by atoms with E-state index in [-0.39, 0.29) is 54.2 Å². The van der Waals surface area contributed by atoms with Crippen LogP contribution in [0.2, 0.25) is 0 Å². The van der Waals surface area contributed by atoms with Gasteiger partial charge in [-0.2, -0.15) is 13.3 Å². The van der Waals surface area contributed by atoms with Crippen LogP contribution < -0.4 is 17.0 Å². The number of hydrogen-bond acceptors (Lipinski definition) is 0. The Kier molecular flexibility index (Phi) is 38.8. The molecule has 0 radical (unpaired) electrons. The average Bonchev–Trinajstić information content (AvgIpc) is 1.12. The van der Waals surface area contributed by atoms with Gasteiger partial charge in [0.05, 0.1) is 0 Å². The van der Waals surface area contributed by atoms with Crippen LogP contribution in [-0.4, -0.2) is 40.0 Å². The molecule has 0 unspecified atom stereocenters. The van der Waals surface area contributed by atoms with Crippen molar-refractivity contribution < 1.29 is 39.4 Å². The molecule has 0 nitrogen and oxygen atoms in total. The van der Waals surface area contributed by atoms with Crippen LogP contribution in [0.4, 0.5) is 0 Å². The van der Waals surface area contributed by atoms with Crippen molar-refractivity contribution in [3.05, 3.63) is 28.2 Å². The molecule has 0 amide bonds. The maximum absolute atomic E-state index is 3.88. The van der Waals surface area contributed by atoms with E-state index in [9.17, 15) is 0 Å². The molecule has 0 aromatic carbocycles. The molecule has 0 aliphatic rings. The monoisotopic (exact) mass is 486 g/mol. The van der Waals surface area contributed by atoms with E-state index in [1.54, 1.807) is 0 Å². The Bertz CT molecular complexity index is 61.1. The Hall–Kier alpha value is 2.08. The van der Waals surface area contributed by atoms with Crippen LogP contribution >= 0.6 is 14.5 Å². The molecular formula is C10H28AuBrP2. The van der Waals surface area contributed by atoms with E-state index in [2.05, 4.69) is 53.3 Å². The second-order valence-electron chi connectivity index (χ2n) is 4.58. The molecule has 0 rings (SSSR count). The third-order valence-electron chi connectivity index (χ3n) is 0. The van der Waals surface area contributed by atoms with Gasteiger partial charge in [0.2, 0.25) is 0 Å². The molecule has 0 saturated heterocycles. The summed E-state index contributed by atoms with van der Waals surface area (Å²) in [6.45, 7) is 20.9. The summed E-state index contributed by atoms with van der Waals surface area (Å²) in [6.07, 6.45) is 0. The predicted octanol–water partition coefficient (Wildman–Crippen LogP) is 1.27. The third-order valence-corrected chi connectivity index (χ3v) is 0. The molecule has 0 aromatic rings. The average molecular weight is 487 g/mol. The van der Waals surface area contributed by atoms with Gasteiger partial charge in [0.1, 0.15) is 0 Å². The zero-order valence-electron chi connectivity index (χ0n) is 11.0. The second kappa shape index (κ2) is 15.1. The van der Waals surface area contributed by atoms with Crippen molar-refractivity contribution in [3.8, 4) is 0 Å². The number of halogens is 1. The minimum atomic E-state index is -0.639. The van der Waals surface area contributed by atoms with Gasteiger partial charge in [-0.05, 0) is 0 Å². The summed E-state index contributed by atoms with van der Waals surface area (Å²) < 4.78 is 0. The van der Waals surface area contributed by atoms with Crippen LogP contribution in [0.25, 0.3) is 0 Å². The predicted molar refractivity (Wildman–Crippen MR) is 72.9 cm³/mol. The molecule has 14 heavy (non-hydrogen) atoms. The van der Waals surface area contributed by atoms with Crippen LogP contribution in [0.1, 0.15) is 0 Å². The van der Waals surface area contributed by atoms with Crippen molar-refractivity contribution in [2.24, 2.45) is 0 Å². The molecule has 4 heteroatoms. The van der Waals surface area contributed by atoms with Crippen molar-refractivity contribution in [2.75, 3.05) is 40.0 Å². The first kappa shape index (κ1) is 36.0. The number of hydrogen-bond donors (Lipinski definition) is 0. The van der Waals surface area contributed by atoms with Gasteiger partial charge >= 0.3 is 22.4 Å². The Morgan fingerprint density at radius 1 is 0.643 bits per heavy atom. The van der Waals surface area contributed by atoms with Crippen molar-refractivity contribution in [3.63, 3.8) is 0 Å². The second-order valence-corrected chi connectivity index (χ2v) is 13.7.